The maximum Gasteiger partial charge on any atom is 0.150 e. The second-order valence-corrected chi connectivity index (χ2v) is 5.40. The SMILES string of the molecule is CCc1nn(C)c(N2CCC(C(C)C)C2)c1N. The molecule has 96 valence electrons. The summed E-state index contributed by atoms with van der Waals surface area (Å²) in [6.45, 7) is 8.93. The number of aromatic nitrogens is 2. The van der Waals surface area contributed by atoms with Crippen LogP contribution in [0, 0.1) is 11.8 Å². The van der Waals surface area contributed by atoms with Crippen LogP contribution in [0.15, 0.2) is 0 Å². The highest BCUT2D eigenvalue weighted by Crippen LogP contribution is 2.33. The van der Waals surface area contributed by atoms with E-state index < -0.39 is 0 Å². The zero-order valence-electron chi connectivity index (χ0n) is 11.4. The number of hydrogen-bond acceptors (Lipinski definition) is 3. The lowest BCUT2D eigenvalue weighted by molar-refractivity contribution is 0.422. The minimum atomic E-state index is 0.750. The fourth-order valence-electron chi connectivity index (χ4n) is 2.75. The van der Waals surface area contributed by atoms with Crippen LogP contribution in [0.2, 0.25) is 0 Å². The number of aryl methyl sites for hydroxylation is 2. The number of nitrogens with two attached hydrogens (primary N) is 1. The summed E-state index contributed by atoms with van der Waals surface area (Å²) in [7, 11) is 1.99. The van der Waals surface area contributed by atoms with Crippen molar-refractivity contribution in [3.8, 4) is 0 Å². The average molecular weight is 236 g/mol. The molecule has 1 fully saturated rings. The topological polar surface area (TPSA) is 47.1 Å². The zero-order valence-corrected chi connectivity index (χ0v) is 11.4. The molecule has 1 aromatic heterocycles. The molecule has 4 heteroatoms. The molecule has 0 spiro atoms. The van der Waals surface area contributed by atoms with Gasteiger partial charge in [0.25, 0.3) is 0 Å². The maximum atomic E-state index is 6.19. The molecule has 1 aromatic rings. The molecule has 1 unspecified atom stereocenters. The Labute approximate surface area is 104 Å². The number of anilines is 2. The van der Waals surface area contributed by atoms with Crippen molar-refractivity contribution >= 4 is 11.5 Å². The Morgan fingerprint density at radius 2 is 2.18 bits per heavy atom. The highest BCUT2D eigenvalue weighted by Gasteiger charge is 2.28. The number of nitrogen functional groups attached to an aromatic ring is 1. The Kier molecular flexibility index (Phi) is 3.31. The monoisotopic (exact) mass is 236 g/mol. The molecule has 2 rings (SSSR count). The first-order chi connectivity index (χ1) is 8.04. The van der Waals surface area contributed by atoms with Crippen molar-refractivity contribution in [2.24, 2.45) is 18.9 Å². The first kappa shape index (κ1) is 12.3. The molecule has 0 amide bonds. The largest absolute Gasteiger partial charge is 0.394 e. The predicted molar refractivity (Wildman–Crippen MR) is 72.2 cm³/mol. The van der Waals surface area contributed by atoms with Crippen molar-refractivity contribution in [3.05, 3.63) is 5.69 Å². The van der Waals surface area contributed by atoms with Gasteiger partial charge in [-0.25, -0.2) is 0 Å². The quantitative estimate of drug-likeness (QED) is 0.873. The van der Waals surface area contributed by atoms with Crippen molar-refractivity contribution < 1.29 is 0 Å². The summed E-state index contributed by atoms with van der Waals surface area (Å²) >= 11 is 0. The van der Waals surface area contributed by atoms with E-state index in [1.165, 1.54) is 6.42 Å². The lowest BCUT2D eigenvalue weighted by Crippen LogP contribution is -2.24. The molecule has 1 atom stereocenters. The third-order valence-corrected chi connectivity index (χ3v) is 3.93. The van der Waals surface area contributed by atoms with Crippen molar-refractivity contribution in [2.75, 3.05) is 23.7 Å². The second kappa shape index (κ2) is 4.59. The van der Waals surface area contributed by atoms with Gasteiger partial charge < -0.3 is 10.6 Å². The van der Waals surface area contributed by atoms with E-state index in [-0.39, 0.29) is 0 Å². The molecule has 1 saturated heterocycles. The van der Waals surface area contributed by atoms with Crippen molar-refractivity contribution in [3.63, 3.8) is 0 Å². The lowest BCUT2D eigenvalue weighted by Gasteiger charge is -2.20. The molecule has 17 heavy (non-hydrogen) atoms. The van der Waals surface area contributed by atoms with Crippen LogP contribution >= 0.6 is 0 Å². The molecule has 2 N–H and O–H groups in total. The number of hydrogen-bond donors (Lipinski definition) is 1. The van der Waals surface area contributed by atoms with Crippen molar-refractivity contribution in [2.45, 2.75) is 33.6 Å². The van der Waals surface area contributed by atoms with Crippen LogP contribution in [0.4, 0.5) is 11.5 Å². The molecule has 0 saturated carbocycles. The van der Waals surface area contributed by atoms with E-state index in [2.05, 4.69) is 30.8 Å². The Bertz CT molecular complexity index is 394. The number of rotatable bonds is 3. The van der Waals surface area contributed by atoms with Gasteiger partial charge in [-0.2, -0.15) is 5.10 Å². The fraction of sp³-hybridized carbons (Fsp3) is 0.769. The summed E-state index contributed by atoms with van der Waals surface area (Å²) in [5.74, 6) is 2.65. The molecule has 0 aliphatic carbocycles. The zero-order chi connectivity index (χ0) is 12.6. The molecule has 0 radical (unpaired) electrons. The van der Waals surface area contributed by atoms with Gasteiger partial charge in [0, 0.05) is 20.1 Å². The van der Waals surface area contributed by atoms with E-state index in [4.69, 9.17) is 5.73 Å². The minimum absolute atomic E-state index is 0.750. The van der Waals surface area contributed by atoms with Gasteiger partial charge in [0.1, 0.15) is 5.82 Å². The van der Waals surface area contributed by atoms with Crippen molar-refractivity contribution in [1.82, 2.24) is 9.78 Å². The van der Waals surface area contributed by atoms with Crippen LogP contribution in [0.25, 0.3) is 0 Å². The van der Waals surface area contributed by atoms with Gasteiger partial charge >= 0.3 is 0 Å². The molecular formula is C13H24N4. The number of nitrogens with zero attached hydrogens (tertiary/aromatic N) is 3. The summed E-state index contributed by atoms with van der Waals surface area (Å²) in [5, 5.41) is 4.49. The van der Waals surface area contributed by atoms with E-state index in [0.29, 0.717) is 0 Å². The van der Waals surface area contributed by atoms with Gasteiger partial charge in [0.05, 0.1) is 11.4 Å². The minimum Gasteiger partial charge on any atom is -0.394 e. The third-order valence-electron chi connectivity index (χ3n) is 3.93. The molecular weight excluding hydrogens is 212 g/mol. The van der Waals surface area contributed by atoms with Crippen LogP contribution < -0.4 is 10.6 Å². The van der Waals surface area contributed by atoms with Crippen LogP contribution in [0.1, 0.15) is 32.9 Å². The molecule has 1 aliphatic rings. The summed E-state index contributed by atoms with van der Waals surface area (Å²) in [6, 6.07) is 0. The maximum absolute atomic E-state index is 6.19. The van der Waals surface area contributed by atoms with Gasteiger partial charge in [0.2, 0.25) is 0 Å². The standard InChI is InChI=1S/C13H24N4/c1-5-11-12(14)13(16(4)15-11)17-7-6-10(8-17)9(2)3/h9-10H,5-8,14H2,1-4H3. The van der Waals surface area contributed by atoms with Gasteiger partial charge in [-0.1, -0.05) is 20.8 Å². The Hall–Kier alpha value is -1.19. The van der Waals surface area contributed by atoms with E-state index >= 15 is 0 Å². The highest BCUT2D eigenvalue weighted by molar-refractivity contribution is 5.66. The summed E-state index contributed by atoms with van der Waals surface area (Å²) in [4.78, 5) is 2.40. The fourth-order valence-corrected chi connectivity index (χ4v) is 2.75. The molecule has 0 bridgehead atoms. The molecule has 2 heterocycles. The Balaban J connectivity index is 2.21. The van der Waals surface area contributed by atoms with E-state index in [0.717, 1.165) is 48.5 Å². The summed E-state index contributed by atoms with van der Waals surface area (Å²) in [6.07, 6.45) is 2.17. The van der Waals surface area contributed by atoms with Crippen LogP contribution in [0.5, 0.6) is 0 Å². The van der Waals surface area contributed by atoms with E-state index in [1.54, 1.807) is 0 Å². The first-order valence-electron chi connectivity index (χ1n) is 6.60. The van der Waals surface area contributed by atoms with Gasteiger partial charge in [-0.05, 0) is 24.7 Å². The molecule has 1 aliphatic heterocycles. The average Bonchev–Trinajstić information content (AvgIpc) is 2.83. The smallest absolute Gasteiger partial charge is 0.150 e. The Morgan fingerprint density at radius 3 is 2.65 bits per heavy atom. The second-order valence-electron chi connectivity index (χ2n) is 5.40. The Morgan fingerprint density at radius 1 is 1.47 bits per heavy atom. The van der Waals surface area contributed by atoms with E-state index in [9.17, 15) is 0 Å². The normalized spacial score (nSPS) is 20.5. The van der Waals surface area contributed by atoms with E-state index in [1.807, 2.05) is 11.7 Å². The van der Waals surface area contributed by atoms with Crippen LogP contribution in [0.3, 0.4) is 0 Å². The summed E-state index contributed by atoms with van der Waals surface area (Å²) in [5.41, 5.74) is 8.09. The molecule has 0 aromatic carbocycles. The van der Waals surface area contributed by atoms with Gasteiger partial charge in [-0.3, -0.25) is 4.68 Å². The van der Waals surface area contributed by atoms with Crippen molar-refractivity contribution in [1.29, 1.82) is 0 Å². The highest BCUT2D eigenvalue weighted by atomic mass is 15.4. The molecule has 4 nitrogen and oxygen atoms in total. The first-order valence-corrected chi connectivity index (χ1v) is 6.60. The predicted octanol–water partition coefficient (Wildman–Crippen LogP) is 2.05. The van der Waals surface area contributed by atoms with Crippen LogP contribution in [-0.2, 0) is 13.5 Å². The van der Waals surface area contributed by atoms with Gasteiger partial charge in [-0.15, -0.1) is 0 Å². The van der Waals surface area contributed by atoms with Gasteiger partial charge in [0.15, 0.2) is 0 Å². The summed E-state index contributed by atoms with van der Waals surface area (Å²) < 4.78 is 1.94. The lowest BCUT2D eigenvalue weighted by atomic mass is 9.95. The third kappa shape index (κ3) is 2.13. The van der Waals surface area contributed by atoms with Crippen LogP contribution in [-0.4, -0.2) is 22.9 Å².